The first-order valence-corrected chi connectivity index (χ1v) is 7.54. The van der Waals surface area contributed by atoms with Gasteiger partial charge in [0.1, 0.15) is 5.84 Å². The van der Waals surface area contributed by atoms with Crippen LogP contribution in [0.25, 0.3) is 0 Å². The van der Waals surface area contributed by atoms with E-state index in [1.165, 1.54) is 12.1 Å². The van der Waals surface area contributed by atoms with Crippen LogP contribution in [0, 0.1) is 0 Å². The van der Waals surface area contributed by atoms with Crippen LogP contribution in [0.4, 0.5) is 29.3 Å². The van der Waals surface area contributed by atoms with Gasteiger partial charge in [0.25, 0.3) is 5.91 Å². The number of urea groups is 1. The second kappa shape index (κ2) is 6.87. The fourth-order valence-corrected chi connectivity index (χ4v) is 2.34. The summed E-state index contributed by atoms with van der Waals surface area (Å²) in [7, 11) is 0. The molecule has 0 spiro atoms. The van der Waals surface area contributed by atoms with Crippen LogP contribution in [-0.2, 0) is 11.0 Å². The van der Waals surface area contributed by atoms with Crippen molar-refractivity contribution in [1.29, 1.82) is 0 Å². The molecule has 0 aliphatic carbocycles. The van der Waals surface area contributed by atoms with E-state index in [2.05, 4.69) is 15.7 Å². The molecule has 0 radical (unpaired) electrons. The van der Waals surface area contributed by atoms with Crippen LogP contribution in [0.2, 0.25) is 0 Å². The molecule has 0 bridgehead atoms. The number of amides is 3. The Bertz CT molecular complexity index is 866. The van der Waals surface area contributed by atoms with Crippen LogP contribution < -0.4 is 15.6 Å². The Hall–Kier alpha value is -3.36. The first-order valence-electron chi connectivity index (χ1n) is 7.54. The van der Waals surface area contributed by atoms with E-state index in [1.54, 1.807) is 30.3 Å². The van der Waals surface area contributed by atoms with Gasteiger partial charge in [0, 0.05) is 5.69 Å². The molecule has 9 heteroatoms. The number of hydrogen-bond acceptors (Lipinski definition) is 3. The molecule has 6 nitrogen and oxygen atoms in total. The van der Waals surface area contributed by atoms with Crippen LogP contribution in [0.3, 0.4) is 0 Å². The van der Waals surface area contributed by atoms with Crippen molar-refractivity contribution in [2.24, 2.45) is 5.10 Å². The second-order valence-electron chi connectivity index (χ2n) is 5.42. The fourth-order valence-electron chi connectivity index (χ4n) is 2.34. The summed E-state index contributed by atoms with van der Waals surface area (Å²) in [6, 6.07) is 12.1. The monoisotopic (exact) mass is 362 g/mol. The number of para-hydroxylation sites is 1. The highest BCUT2D eigenvalue weighted by molar-refractivity contribution is 6.16. The molecule has 3 rings (SSSR count). The van der Waals surface area contributed by atoms with Gasteiger partial charge in [0.15, 0.2) is 0 Å². The van der Waals surface area contributed by atoms with E-state index in [9.17, 15) is 22.8 Å². The first-order chi connectivity index (χ1) is 12.3. The van der Waals surface area contributed by atoms with E-state index in [0.29, 0.717) is 5.69 Å². The molecule has 0 unspecified atom stereocenters. The van der Waals surface area contributed by atoms with E-state index in [4.69, 9.17) is 0 Å². The molecular weight excluding hydrogens is 349 g/mol. The third kappa shape index (κ3) is 4.00. The van der Waals surface area contributed by atoms with Crippen LogP contribution in [0.1, 0.15) is 12.0 Å². The smallest absolute Gasteiger partial charge is 0.308 e. The predicted molar refractivity (Wildman–Crippen MR) is 89.6 cm³/mol. The molecule has 2 aromatic rings. The highest BCUT2D eigenvalue weighted by Crippen LogP contribution is 2.30. The lowest BCUT2D eigenvalue weighted by atomic mass is 10.2. The minimum atomic E-state index is -4.51. The van der Waals surface area contributed by atoms with Crippen molar-refractivity contribution in [2.45, 2.75) is 12.6 Å². The Morgan fingerprint density at radius 3 is 2.46 bits per heavy atom. The van der Waals surface area contributed by atoms with Crippen LogP contribution >= 0.6 is 0 Å². The number of amidine groups is 1. The Morgan fingerprint density at radius 1 is 1.04 bits per heavy atom. The zero-order valence-electron chi connectivity index (χ0n) is 13.2. The Labute approximate surface area is 146 Å². The number of carbonyl (C=O) groups excluding carboxylic acids is 2. The van der Waals surface area contributed by atoms with E-state index in [1.807, 2.05) is 0 Å². The number of benzene rings is 2. The number of anilines is 2. The molecule has 1 aliphatic heterocycles. The normalized spacial score (nSPS) is 14.2. The molecule has 2 aromatic carbocycles. The van der Waals surface area contributed by atoms with Crippen molar-refractivity contribution in [3.63, 3.8) is 0 Å². The van der Waals surface area contributed by atoms with Gasteiger partial charge in [-0.25, -0.2) is 4.79 Å². The van der Waals surface area contributed by atoms with E-state index < -0.39 is 17.8 Å². The lowest BCUT2D eigenvalue weighted by Gasteiger charge is -2.11. The van der Waals surface area contributed by atoms with Crippen molar-refractivity contribution in [3.8, 4) is 0 Å². The van der Waals surface area contributed by atoms with Crippen LogP contribution in [-0.4, -0.2) is 17.8 Å². The summed E-state index contributed by atoms with van der Waals surface area (Å²) in [6.07, 6.45) is -4.63. The van der Waals surface area contributed by atoms with E-state index in [-0.39, 0.29) is 23.9 Å². The minimum absolute atomic E-state index is 0.0258. The maximum Gasteiger partial charge on any atom is 0.416 e. The van der Waals surface area contributed by atoms with Crippen molar-refractivity contribution in [3.05, 3.63) is 60.2 Å². The maximum atomic E-state index is 12.7. The molecule has 1 heterocycles. The van der Waals surface area contributed by atoms with Gasteiger partial charge in [-0.05, 0) is 30.3 Å². The van der Waals surface area contributed by atoms with Crippen LogP contribution in [0.5, 0.6) is 0 Å². The zero-order chi connectivity index (χ0) is 18.7. The van der Waals surface area contributed by atoms with Gasteiger partial charge in [0.05, 0.1) is 17.7 Å². The van der Waals surface area contributed by atoms with E-state index >= 15 is 0 Å². The summed E-state index contributed by atoms with van der Waals surface area (Å²) in [5, 5.41) is 9.84. The Balaban J connectivity index is 1.66. The molecule has 0 atom stereocenters. The molecule has 2 N–H and O–H groups in total. The number of hydrazone groups is 1. The van der Waals surface area contributed by atoms with Crippen molar-refractivity contribution >= 4 is 29.1 Å². The van der Waals surface area contributed by atoms with Crippen molar-refractivity contribution in [2.75, 3.05) is 10.3 Å². The maximum absolute atomic E-state index is 12.7. The summed E-state index contributed by atoms with van der Waals surface area (Å²) >= 11 is 0. The van der Waals surface area contributed by atoms with Gasteiger partial charge in [-0.1, -0.05) is 24.3 Å². The number of carbonyl (C=O) groups is 2. The van der Waals surface area contributed by atoms with Gasteiger partial charge < -0.3 is 5.32 Å². The highest BCUT2D eigenvalue weighted by atomic mass is 19.4. The minimum Gasteiger partial charge on any atom is -0.308 e. The topological polar surface area (TPSA) is 73.8 Å². The Kier molecular flexibility index (Phi) is 4.61. The lowest BCUT2D eigenvalue weighted by molar-refractivity contribution is -0.137. The standard InChI is InChI=1S/C17H13F3N4O2/c18-17(19,20)11-5-4-6-12(9-11)21-16(26)22-14-10-15(25)24(23-14)13-7-2-1-3-8-13/h1-9H,10H2,(H2,21,22,23,26). The summed E-state index contributed by atoms with van der Waals surface area (Å²) < 4.78 is 38.1. The average Bonchev–Trinajstić information content (AvgIpc) is 2.95. The third-order valence-corrected chi connectivity index (χ3v) is 3.48. The predicted octanol–water partition coefficient (Wildman–Crippen LogP) is 3.58. The molecule has 3 amide bonds. The average molecular weight is 362 g/mol. The zero-order valence-corrected chi connectivity index (χ0v) is 13.2. The summed E-state index contributed by atoms with van der Waals surface area (Å²) in [5.41, 5.74) is -0.353. The molecule has 1 aliphatic rings. The summed E-state index contributed by atoms with van der Waals surface area (Å²) in [5.74, 6) is -0.228. The van der Waals surface area contributed by atoms with Gasteiger partial charge in [-0.2, -0.15) is 23.3 Å². The highest BCUT2D eigenvalue weighted by Gasteiger charge is 2.30. The van der Waals surface area contributed by atoms with E-state index in [0.717, 1.165) is 17.1 Å². The number of nitrogens with zero attached hydrogens (tertiary/aromatic N) is 2. The largest absolute Gasteiger partial charge is 0.416 e. The summed E-state index contributed by atoms with van der Waals surface area (Å²) in [6.45, 7) is 0. The number of hydrogen-bond donors (Lipinski definition) is 2. The molecule has 0 saturated carbocycles. The molecule has 0 fully saturated rings. The second-order valence-corrected chi connectivity index (χ2v) is 5.42. The molecule has 0 saturated heterocycles. The van der Waals surface area contributed by atoms with Gasteiger partial charge in [-0.15, -0.1) is 0 Å². The summed E-state index contributed by atoms with van der Waals surface area (Å²) in [4.78, 5) is 24.0. The van der Waals surface area contributed by atoms with Crippen molar-refractivity contribution < 1.29 is 22.8 Å². The molecule has 0 aromatic heterocycles. The molecule has 26 heavy (non-hydrogen) atoms. The molecular formula is C17H13F3N4O2. The lowest BCUT2D eigenvalue weighted by Crippen LogP contribution is -2.33. The quantitative estimate of drug-likeness (QED) is 0.857. The Morgan fingerprint density at radius 2 is 1.77 bits per heavy atom. The third-order valence-electron chi connectivity index (χ3n) is 3.48. The van der Waals surface area contributed by atoms with Crippen LogP contribution in [0.15, 0.2) is 59.7 Å². The molecule has 134 valence electrons. The SMILES string of the molecule is O=C(NC1=NN(c2ccccc2)C(=O)C1)Nc1cccc(C(F)(F)F)c1. The first kappa shape index (κ1) is 17.5. The number of rotatable bonds is 2. The fraction of sp³-hybridized carbons (Fsp3) is 0.118. The van der Waals surface area contributed by atoms with Crippen molar-refractivity contribution in [1.82, 2.24) is 5.32 Å². The van der Waals surface area contributed by atoms with Gasteiger partial charge in [-0.3, -0.25) is 10.1 Å². The van der Waals surface area contributed by atoms with Gasteiger partial charge in [0.2, 0.25) is 0 Å². The number of alkyl halides is 3. The van der Waals surface area contributed by atoms with Gasteiger partial charge >= 0.3 is 12.2 Å². The number of halogens is 3. The number of nitrogens with one attached hydrogen (secondary N) is 2.